The van der Waals surface area contributed by atoms with Crippen molar-refractivity contribution >= 4 is 23.2 Å². The number of hydrogen-bond acceptors (Lipinski definition) is 5. The number of thiophene rings is 1. The van der Waals surface area contributed by atoms with Gasteiger partial charge in [-0.3, -0.25) is 4.79 Å². The first-order valence-corrected chi connectivity index (χ1v) is 16.3. The SMILES string of the molecule is CCc1c(C(=O)O)cnn1-c1cccc(-c2sc(C)c(C)c2CCc2ccc(C3CCN(C(=O)C4CC4)CC3)cc2C)n1. The van der Waals surface area contributed by atoms with Gasteiger partial charge >= 0.3 is 5.97 Å². The number of aryl methyl sites for hydroxylation is 3. The Morgan fingerprint density at radius 3 is 2.47 bits per heavy atom. The first kappa shape index (κ1) is 29.3. The summed E-state index contributed by atoms with van der Waals surface area (Å²) >= 11 is 1.77. The van der Waals surface area contributed by atoms with E-state index in [1.807, 2.05) is 25.1 Å². The van der Waals surface area contributed by atoms with Crippen LogP contribution in [-0.2, 0) is 24.1 Å². The van der Waals surface area contributed by atoms with Crippen molar-refractivity contribution < 1.29 is 14.7 Å². The molecule has 224 valence electrons. The normalized spacial score (nSPS) is 15.7. The molecule has 1 N–H and O–H groups in total. The fourth-order valence-electron chi connectivity index (χ4n) is 6.47. The lowest BCUT2D eigenvalue weighted by atomic mass is 9.87. The zero-order valence-electron chi connectivity index (χ0n) is 25.5. The van der Waals surface area contributed by atoms with Crippen molar-refractivity contribution in [2.45, 2.75) is 78.6 Å². The number of carboxylic acid groups (broad SMARTS) is 1. The molecule has 0 bridgehead atoms. The number of carboxylic acids is 1. The topological polar surface area (TPSA) is 88.3 Å². The number of benzene rings is 1. The van der Waals surface area contributed by atoms with Crippen molar-refractivity contribution in [3.8, 4) is 16.4 Å². The van der Waals surface area contributed by atoms with Crippen LogP contribution in [0.25, 0.3) is 16.4 Å². The van der Waals surface area contributed by atoms with Crippen LogP contribution in [0.2, 0.25) is 0 Å². The summed E-state index contributed by atoms with van der Waals surface area (Å²) in [6, 6.07) is 12.9. The standard InChI is InChI=1S/C35H40N4O3S/c1-5-31-29(35(41)42)20-36-39(31)32-8-6-7-30(37-32)33-28(22(3)23(4)43-33)14-13-24-9-12-27(19-21(24)2)25-15-17-38(18-16-25)34(40)26-10-11-26/h6-9,12,19-20,25-26H,5,10-11,13-18H2,1-4H3,(H,41,42). The molecule has 2 fully saturated rings. The number of piperidine rings is 1. The van der Waals surface area contributed by atoms with Crippen LogP contribution in [0.15, 0.2) is 42.6 Å². The van der Waals surface area contributed by atoms with Crippen LogP contribution in [0.5, 0.6) is 0 Å². The highest BCUT2D eigenvalue weighted by molar-refractivity contribution is 7.15. The lowest BCUT2D eigenvalue weighted by molar-refractivity contribution is -0.133. The van der Waals surface area contributed by atoms with Gasteiger partial charge < -0.3 is 10.0 Å². The van der Waals surface area contributed by atoms with Gasteiger partial charge in [-0.25, -0.2) is 14.5 Å². The number of aromatic nitrogens is 3. The third-order valence-electron chi connectivity index (χ3n) is 9.34. The molecule has 2 aliphatic rings. The van der Waals surface area contributed by atoms with Gasteiger partial charge in [0.2, 0.25) is 5.91 Å². The first-order chi connectivity index (χ1) is 20.7. The van der Waals surface area contributed by atoms with E-state index >= 15 is 0 Å². The summed E-state index contributed by atoms with van der Waals surface area (Å²) in [5, 5.41) is 13.9. The van der Waals surface area contributed by atoms with E-state index in [2.05, 4.69) is 49.0 Å². The Balaban J connectivity index is 1.18. The lowest BCUT2D eigenvalue weighted by Gasteiger charge is -2.32. The maximum Gasteiger partial charge on any atom is 0.339 e. The second kappa shape index (κ2) is 12.1. The van der Waals surface area contributed by atoms with Crippen LogP contribution in [-0.4, -0.2) is 49.7 Å². The van der Waals surface area contributed by atoms with E-state index < -0.39 is 5.97 Å². The molecule has 6 rings (SSSR count). The average molecular weight is 597 g/mol. The molecule has 1 amide bonds. The van der Waals surface area contributed by atoms with Crippen LogP contribution in [0.1, 0.15) is 87.3 Å². The van der Waals surface area contributed by atoms with Crippen molar-refractivity contribution in [2.75, 3.05) is 13.1 Å². The average Bonchev–Trinajstić information content (AvgIpc) is 3.71. The molecule has 0 atom stereocenters. The van der Waals surface area contributed by atoms with E-state index in [0.717, 1.165) is 57.3 Å². The fourth-order valence-corrected chi connectivity index (χ4v) is 7.65. The first-order valence-electron chi connectivity index (χ1n) is 15.5. The quantitative estimate of drug-likeness (QED) is 0.223. The number of likely N-dealkylation sites (tertiary alicyclic amines) is 1. The molecule has 43 heavy (non-hydrogen) atoms. The summed E-state index contributed by atoms with van der Waals surface area (Å²) in [6.45, 7) is 10.3. The molecule has 0 spiro atoms. The molecule has 8 heteroatoms. The van der Waals surface area contributed by atoms with E-state index in [1.54, 1.807) is 16.0 Å². The fraction of sp³-hybridized carbons (Fsp3) is 0.429. The second-order valence-electron chi connectivity index (χ2n) is 12.1. The second-order valence-corrected chi connectivity index (χ2v) is 13.3. The smallest absolute Gasteiger partial charge is 0.339 e. The van der Waals surface area contributed by atoms with E-state index in [4.69, 9.17) is 4.98 Å². The zero-order valence-corrected chi connectivity index (χ0v) is 26.3. The molecule has 0 unspecified atom stereocenters. The molecule has 7 nitrogen and oxygen atoms in total. The minimum atomic E-state index is -0.972. The van der Waals surface area contributed by atoms with Crippen molar-refractivity contribution in [3.05, 3.63) is 86.5 Å². The van der Waals surface area contributed by atoms with Gasteiger partial charge in [-0.2, -0.15) is 5.10 Å². The summed E-state index contributed by atoms with van der Waals surface area (Å²) in [7, 11) is 0. The van der Waals surface area contributed by atoms with Gasteiger partial charge in [-0.15, -0.1) is 11.3 Å². The van der Waals surface area contributed by atoms with Crippen LogP contribution in [0.4, 0.5) is 0 Å². The molecule has 1 aromatic carbocycles. The third kappa shape index (κ3) is 5.90. The molecule has 3 aromatic heterocycles. The Bertz CT molecular complexity index is 1670. The maximum atomic E-state index is 12.5. The number of aromatic carboxylic acids is 1. The van der Waals surface area contributed by atoms with Crippen LogP contribution >= 0.6 is 11.3 Å². The monoisotopic (exact) mass is 596 g/mol. The number of rotatable bonds is 9. The summed E-state index contributed by atoms with van der Waals surface area (Å²) in [5.74, 6) is 0.874. The highest BCUT2D eigenvalue weighted by Crippen LogP contribution is 2.38. The summed E-state index contributed by atoms with van der Waals surface area (Å²) in [4.78, 5) is 33.7. The van der Waals surface area contributed by atoms with Gasteiger partial charge in [0.05, 0.1) is 22.5 Å². The van der Waals surface area contributed by atoms with E-state index in [9.17, 15) is 14.7 Å². The van der Waals surface area contributed by atoms with Gasteiger partial charge in [0.15, 0.2) is 5.82 Å². The summed E-state index contributed by atoms with van der Waals surface area (Å²) in [6.07, 6.45) is 8.09. The Morgan fingerprint density at radius 2 is 1.79 bits per heavy atom. The molecular formula is C35H40N4O3S. The van der Waals surface area contributed by atoms with Gasteiger partial charge in [-0.05, 0) is 112 Å². The molecule has 0 radical (unpaired) electrons. The summed E-state index contributed by atoms with van der Waals surface area (Å²) < 4.78 is 1.65. The number of nitrogens with zero attached hydrogens (tertiary/aromatic N) is 4. The van der Waals surface area contributed by atoms with Gasteiger partial charge in [-0.1, -0.05) is 31.2 Å². The number of carbonyl (C=O) groups is 2. The van der Waals surface area contributed by atoms with Crippen molar-refractivity contribution in [3.63, 3.8) is 0 Å². The molecule has 4 aromatic rings. The molecule has 1 aliphatic carbocycles. The number of amides is 1. The largest absolute Gasteiger partial charge is 0.478 e. The molecule has 1 aliphatic heterocycles. The van der Waals surface area contributed by atoms with E-state index in [1.165, 1.54) is 43.8 Å². The van der Waals surface area contributed by atoms with Crippen LogP contribution < -0.4 is 0 Å². The zero-order chi connectivity index (χ0) is 30.2. The predicted molar refractivity (Wildman–Crippen MR) is 170 cm³/mol. The van der Waals surface area contributed by atoms with Gasteiger partial charge in [0.1, 0.15) is 5.56 Å². The van der Waals surface area contributed by atoms with Crippen molar-refractivity contribution in [2.24, 2.45) is 5.92 Å². The summed E-state index contributed by atoms with van der Waals surface area (Å²) in [5.41, 5.74) is 8.50. The minimum absolute atomic E-state index is 0.216. The van der Waals surface area contributed by atoms with E-state index in [-0.39, 0.29) is 5.56 Å². The molecule has 4 heterocycles. The highest BCUT2D eigenvalue weighted by Gasteiger charge is 2.35. The Morgan fingerprint density at radius 1 is 1.02 bits per heavy atom. The van der Waals surface area contributed by atoms with Crippen molar-refractivity contribution in [1.82, 2.24) is 19.7 Å². The van der Waals surface area contributed by atoms with Gasteiger partial charge in [0.25, 0.3) is 0 Å². The Hall–Kier alpha value is -3.78. The molecule has 1 saturated carbocycles. The predicted octanol–water partition coefficient (Wildman–Crippen LogP) is 7.08. The third-order valence-corrected chi connectivity index (χ3v) is 10.6. The van der Waals surface area contributed by atoms with Crippen LogP contribution in [0.3, 0.4) is 0 Å². The number of hydrogen-bond donors (Lipinski definition) is 1. The Kier molecular flexibility index (Phi) is 8.23. The maximum absolute atomic E-state index is 12.5. The van der Waals surface area contributed by atoms with E-state index in [0.29, 0.717) is 35.7 Å². The number of carbonyl (C=O) groups excluding carboxylic acids is 1. The molecule has 1 saturated heterocycles. The lowest BCUT2D eigenvalue weighted by Crippen LogP contribution is -2.38. The number of pyridine rings is 1. The molecular weight excluding hydrogens is 556 g/mol. The highest BCUT2D eigenvalue weighted by atomic mass is 32.1. The Labute approximate surface area is 257 Å². The van der Waals surface area contributed by atoms with Crippen molar-refractivity contribution in [1.29, 1.82) is 0 Å². The van der Waals surface area contributed by atoms with Crippen LogP contribution in [0, 0.1) is 26.7 Å². The minimum Gasteiger partial charge on any atom is -0.478 e. The van der Waals surface area contributed by atoms with Gasteiger partial charge in [0, 0.05) is 23.9 Å².